The van der Waals surface area contributed by atoms with Crippen LogP contribution in [0.25, 0.3) is 16.5 Å². The summed E-state index contributed by atoms with van der Waals surface area (Å²) in [7, 11) is 1.62. The predicted octanol–water partition coefficient (Wildman–Crippen LogP) is 3.62. The summed E-state index contributed by atoms with van der Waals surface area (Å²) in [6.07, 6.45) is 0. The standard InChI is InChI=1S/C18H17NO2/c1-12-7-6-8-14-11-13(2)19(18(20)17(12)14)15-9-4-5-10-16(15)21-3/h4-11H,1-3H3. The van der Waals surface area contributed by atoms with E-state index in [4.69, 9.17) is 4.74 Å². The predicted molar refractivity (Wildman–Crippen MR) is 85.6 cm³/mol. The number of hydrogen-bond acceptors (Lipinski definition) is 2. The quantitative estimate of drug-likeness (QED) is 0.717. The Bertz CT molecular complexity index is 878. The highest BCUT2D eigenvalue weighted by Gasteiger charge is 2.13. The number of benzene rings is 2. The van der Waals surface area contributed by atoms with Crippen LogP contribution >= 0.6 is 0 Å². The number of methoxy groups -OCH3 is 1. The van der Waals surface area contributed by atoms with Gasteiger partial charge in [-0.05, 0) is 43.0 Å². The summed E-state index contributed by atoms with van der Waals surface area (Å²) in [4.78, 5) is 12.9. The van der Waals surface area contributed by atoms with Gasteiger partial charge >= 0.3 is 0 Å². The van der Waals surface area contributed by atoms with Gasteiger partial charge < -0.3 is 4.74 Å². The third-order valence-corrected chi connectivity index (χ3v) is 3.77. The van der Waals surface area contributed by atoms with Crippen molar-refractivity contribution in [2.75, 3.05) is 7.11 Å². The molecule has 0 saturated heterocycles. The van der Waals surface area contributed by atoms with Gasteiger partial charge in [0.1, 0.15) is 5.75 Å². The molecule has 0 atom stereocenters. The van der Waals surface area contributed by atoms with E-state index >= 15 is 0 Å². The number of nitrogens with zero attached hydrogens (tertiary/aromatic N) is 1. The van der Waals surface area contributed by atoms with Crippen molar-refractivity contribution in [3.05, 3.63) is 70.1 Å². The molecule has 3 rings (SSSR count). The Hall–Kier alpha value is -2.55. The summed E-state index contributed by atoms with van der Waals surface area (Å²) in [5.74, 6) is 0.690. The minimum absolute atomic E-state index is 0.00685. The normalized spacial score (nSPS) is 10.8. The molecule has 1 aromatic heterocycles. The Morgan fingerprint density at radius 2 is 1.76 bits per heavy atom. The molecular weight excluding hydrogens is 262 g/mol. The second-order valence-corrected chi connectivity index (χ2v) is 5.14. The average molecular weight is 279 g/mol. The number of fused-ring (bicyclic) bond motifs is 1. The van der Waals surface area contributed by atoms with Crippen LogP contribution < -0.4 is 10.3 Å². The molecule has 106 valence electrons. The van der Waals surface area contributed by atoms with E-state index < -0.39 is 0 Å². The molecule has 0 unspecified atom stereocenters. The zero-order valence-electron chi connectivity index (χ0n) is 12.4. The molecule has 0 spiro atoms. The van der Waals surface area contributed by atoms with Crippen molar-refractivity contribution in [2.45, 2.75) is 13.8 Å². The van der Waals surface area contributed by atoms with Gasteiger partial charge in [0.15, 0.2) is 0 Å². The smallest absolute Gasteiger partial charge is 0.263 e. The van der Waals surface area contributed by atoms with Gasteiger partial charge in [0, 0.05) is 5.69 Å². The maximum Gasteiger partial charge on any atom is 0.263 e. The topological polar surface area (TPSA) is 31.2 Å². The van der Waals surface area contributed by atoms with Crippen LogP contribution in [0.1, 0.15) is 11.3 Å². The first-order chi connectivity index (χ1) is 10.1. The maximum absolute atomic E-state index is 12.9. The van der Waals surface area contributed by atoms with Gasteiger partial charge in [-0.1, -0.05) is 30.3 Å². The van der Waals surface area contributed by atoms with E-state index in [-0.39, 0.29) is 5.56 Å². The number of aryl methyl sites for hydroxylation is 2. The first kappa shape index (κ1) is 13.4. The van der Waals surface area contributed by atoms with Crippen LogP contribution in [0.3, 0.4) is 0 Å². The molecule has 1 heterocycles. The van der Waals surface area contributed by atoms with Gasteiger partial charge in [-0.2, -0.15) is 0 Å². The molecule has 0 aliphatic rings. The van der Waals surface area contributed by atoms with E-state index in [1.54, 1.807) is 11.7 Å². The minimum atomic E-state index is -0.00685. The lowest BCUT2D eigenvalue weighted by atomic mass is 10.1. The number of ether oxygens (including phenoxy) is 1. The Balaban J connectivity index is 2.44. The van der Waals surface area contributed by atoms with Crippen molar-refractivity contribution in [1.82, 2.24) is 4.57 Å². The molecule has 0 aliphatic heterocycles. The van der Waals surface area contributed by atoms with Crippen LogP contribution in [0.2, 0.25) is 0 Å². The van der Waals surface area contributed by atoms with E-state index in [9.17, 15) is 4.79 Å². The highest BCUT2D eigenvalue weighted by molar-refractivity contribution is 5.85. The molecule has 0 amide bonds. The second kappa shape index (κ2) is 5.09. The summed E-state index contributed by atoms with van der Waals surface area (Å²) in [6, 6.07) is 15.5. The highest BCUT2D eigenvalue weighted by Crippen LogP contribution is 2.24. The Morgan fingerprint density at radius 1 is 1.00 bits per heavy atom. The number of aromatic nitrogens is 1. The van der Waals surface area contributed by atoms with E-state index in [0.29, 0.717) is 5.75 Å². The summed E-state index contributed by atoms with van der Waals surface area (Å²) in [5.41, 5.74) is 2.64. The Kier molecular flexibility index (Phi) is 3.26. The number of rotatable bonds is 2. The molecule has 3 aromatic rings. The van der Waals surface area contributed by atoms with Crippen molar-refractivity contribution in [3.8, 4) is 11.4 Å². The molecule has 0 saturated carbocycles. The van der Waals surface area contributed by atoms with Gasteiger partial charge in [0.2, 0.25) is 0 Å². The molecule has 3 nitrogen and oxygen atoms in total. The van der Waals surface area contributed by atoms with Gasteiger partial charge in [0.25, 0.3) is 5.56 Å². The summed E-state index contributed by atoms with van der Waals surface area (Å²) in [5, 5.41) is 1.73. The molecule has 2 aromatic carbocycles. The third kappa shape index (κ3) is 2.11. The lowest BCUT2D eigenvalue weighted by Crippen LogP contribution is -2.21. The largest absolute Gasteiger partial charge is 0.495 e. The van der Waals surface area contributed by atoms with Crippen molar-refractivity contribution in [2.24, 2.45) is 0 Å². The molecule has 21 heavy (non-hydrogen) atoms. The monoisotopic (exact) mass is 279 g/mol. The van der Waals surface area contributed by atoms with Gasteiger partial charge in [-0.15, -0.1) is 0 Å². The number of para-hydroxylation sites is 2. The zero-order valence-corrected chi connectivity index (χ0v) is 12.4. The Morgan fingerprint density at radius 3 is 2.52 bits per heavy atom. The fourth-order valence-corrected chi connectivity index (χ4v) is 2.78. The van der Waals surface area contributed by atoms with Crippen LogP contribution in [0.15, 0.2) is 53.3 Å². The lowest BCUT2D eigenvalue weighted by Gasteiger charge is -2.15. The summed E-state index contributed by atoms with van der Waals surface area (Å²) < 4.78 is 7.11. The highest BCUT2D eigenvalue weighted by atomic mass is 16.5. The fourth-order valence-electron chi connectivity index (χ4n) is 2.78. The van der Waals surface area contributed by atoms with E-state index in [1.165, 1.54) is 0 Å². The van der Waals surface area contributed by atoms with E-state index in [1.807, 2.05) is 62.4 Å². The minimum Gasteiger partial charge on any atom is -0.495 e. The van der Waals surface area contributed by atoms with Crippen molar-refractivity contribution in [3.63, 3.8) is 0 Å². The SMILES string of the molecule is COc1ccccc1-n1c(C)cc2cccc(C)c2c1=O. The zero-order chi connectivity index (χ0) is 15.0. The van der Waals surface area contributed by atoms with Crippen molar-refractivity contribution in [1.29, 1.82) is 0 Å². The van der Waals surface area contributed by atoms with Crippen LogP contribution in [0, 0.1) is 13.8 Å². The first-order valence-electron chi connectivity index (χ1n) is 6.89. The maximum atomic E-state index is 12.9. The van der Waals surface area contributed by atoms with Gasteiger partial charge in [-0.3, -0.25) is 9.36 Å². The Labute approximate surface area is 123 Å². The summed E-state index contributed by atoms with van der Waals surface area (Å²) in [6.45, 7) is 3.90. The number of hydrogen-bond donors (Lipinski definition) is 0. The van der Waals surface area contributed by atoms with Crippen LogP contribution in [-0.4, -0.2) is 11.7 Å². The third-order valence-electron chi connectivity index (χ3n) is 3.77. The molecule has 0 aliphatic carbocycles. The van der Waals surface area contributed by atoms with Gasteiger partial charge in [0.05, 0.1) is 18.2 Å². The second-order valence-electron chi connectivity index (χ2n) is 5.14. The van der Waals surface area contributed by atoms with E-state index in [0.717, 1.165) is 27.7 Å². The average Bonchev–Trinajstić information content (AvgIpc) is 2.47. The van der Waals surface area contributed by atoms with Gasteiger partial charge in [-0.25, -0.2) is 0 Å². The van der Waals surface area contributed by atoms with Crippen molar-refractivity contribution < 1.29 is 4.74 Å². The number of pyridine rings is 1. The lowest BCUT2D eigenvalue weighted by molar-refractivity contribution is 0.412. The first-order valence-corrected chi connectivity index (χ1v) is 6.89. The molecule has 0 fully saturated rings. The molecule has 0 radical (unpaired) electrons. The summed E-state index contributed by atoms with van der Waals surface area (Å²) >= 11 is 0. The molecule has 0 N–H and O–H groups in total. The van der Waals surface area contributed by atoms with Crippen molar-refractivity contribution >= 4 is 10.8 Å². The van der Waals surface area contributed by atoms with Crippen LogP contribution in [0.4, 0.5) is 0 Å². The fraction of sp³-hybridized carbons (Fsp3) is 0.167. The molecule has 0 bridgehead atoms. The van der Waals surface area contributed by atoms with Crippen LogP contribution in [0.5, 0.6) is 5.75 Å². The van der Waals surface area contributed by atoms with Crippen LogP contribution in [-0.2, 0) is 0 Å². The van der Waals surface area contributed by atoms with E-state index in [2.05, 4.69) is 0 Å². The molecule has 3 heteroatoms. The molecular formula is C18H17NO2.